The lowest BCUT2D eigenvalue weighted by molar-refractivity contribution is 0.0486. The van der Waals surface area contributed by atoms with Crippen LogP contribution < -0.4 is 5.73 Å². The van der Waals surface area contributed by atoms with Crippen molar-refractivity contribution in [2.24, 2.45) is 10.7 Å². The van der Waals surface area contributed by atoms with Crippen molar-refractivity contribution in [3.05, 3.63) is 0 Å². The summed E-state index contributed by atoms with van der Waals surface area (Å²) < 4.78 is 5.92. The normalized spacial score (nSPS) is 22.2. The van der Waals surface area contributed by atoms with Crippen molar-refractivity contribution in [2.45, 2.75) is 44.6 Å². The lowest BCUT2D eigenvalue weighted by Crippen LogP contribution is -2.42. The molecule has 2 N–H and O–H groups in total. The molecule has 1 aliphatic carbocycles. The predicted molar refractivity (Wildman–Crippen MR) is 98.2 cm³/mol. The van der Waals surface area contributed by atoms with Crippen molar-refractivity contribution in [1.29, 1.82) is 0 Å². The highest BCUT2D eigenvalue weighted by atomic mass is 127. The first-order valence-corrected chi connectivity index (χ1v) is 8.76. The van der Waals surface area contributed by atoms with E-state index < -0.39 is 0 Å². The number of rotatable bonds is 4. The van der Waals surface area contributed by atoms with Crippen LogP contribution in [0.15, 0.2) is 4.99 Å². The van der Waals surface area contributed by atoms with Gasteiger partial charge in [0.05, 0.1) is 19.3 Å². The van der Waals surface area contributed by atoms with Crippen molar-refractivity contribution >= 4 is 41.7 Å². The van der Waals surface area contributed by atoms with Gasteiger partial charge in [-0.2, -0.15) is 11.8 Å². The Balaban J connectivity index is 0.00000200. The first-order chi connectivity index (χ1) is 9.36. The first kappa shape index (κ1) is 18.4. The molecule has 6 heteroatoms. The second-order valence-electron chi connectivity index (χ2n) is 5.32. The molecular weight excluding hydrogens is 385 g/mol. The van der Waals surface area contributed by atoms with Crippen LogP contribution in [0.1, 0.15) is 38.5 Å². The minimum atomic E-state index is 0. The van der Waals surface area contributed by atoms with Crippen LogP contribution in [0.4, 0.5) is 0 Å². The summed E-state index contributed by atoms with van der Waals surface area (Å²) in [7, 11) is 0. The second kappa shape index (κ2) is 11.0. The van der Waals surface area contributed by atoms with E-state index in [9.17, 15) is 0 Å². The van der Waals surface area contributed by atoms with E-state index in [1.807, 2.05) is 11.8 Å². The molecule has 2 aliphatic rings. The van der Waals surface area contributed by atoms with Gasteiger partial charge in [0, 0.05) is 24.6 Å². The highest BCUT2D eigenvalue weighted by molar-refractivity contribution is 14.0. The molecule has 1 saturated carbocycles. The second-order valence-corrected chi connectivity index (χ2v) is 6.55. The molecule has 1 aliphatic heterocycles. The standard InChI is InChI=1S/C14H27N3OS.HI/c15-14(17-8-11-19-12-9-17)16-7-10-18-13-5-3-1-2-4-6-13;/h13H,1-12H2,(H2,15,16);1H. The molecule has 2 rings (SSSR count). The Morgan fingerprint density at radius 2 is 1.80 bits per heavy atom. The van der Waals surface area contributed by atoms with Crippen LogP contribution in [0.5, 0.6) is 0 Å². The van der Waals surface area contributed by atoms with Crippen LogP contribution in [-0.2, 0) is 4.74 Å². The number of nitrogens with two attached hydrogens (primary N) is 1. The summed E-state index contributed by atoms with van der Waals surface area (Å²) in [5.74, 6) is 3.02. The highest BCUT2D eigenvalue weighted by Gasteiger charge is 2.13. The number of ether oxygens (including phenoxy) is 1. The molecule has 0 atom stereocenters. The molecule has 1 heterocycles. The van der Waals surface area contributed by atoms with E-state index in [1.54, 1.807) is 0 Å². The van der Waals surface area contributed by atoms with Gasteiger partial charge < -0.3 is 15.4 Å². The lowest BCUT2D eigenvalue weighted by Gasteiger charge is -2.27. The van der Waals surface area contributed by atoms with Crippen molar-refractivity contribution in [3.63, 3.8) is 0 Å². The zero-order chi connectivity index (χ0) is 13.3. The molecule has 0 unspecified atom stereocenters. The Hall–Kier alpha value is 0.310. The summed E-state index contributed by atoms with van der Waals surface area (Å²) in [6.07, 6.45) is 8.30. The predicted octanol–water partition coefficient (Wildman–Crippen LogP) is 2.71. The third-order valence-corrected chi connectivity index (χ3v) is 4.80. The molecule has 0 aromatic heterocycles. The Kier molecular flexibility index (Phi) is 10.1. The van der Waals surface area contributed by atoms with Crippen LogP contribution in [-0.4, -0.2) is 54.7 Å². The van der Waals surface area contributed by atoms with Gasteiger partial charge in [0.1, 0.15) is 0 Å². The highest BCUT2D eigenvalue weighted by Crippen LogP contribution is 2.19. The zero-order valence-corrected chi connectivity index (χ0v) is 15.4. The van der Waals surface area contributed by atoms with E-state index in [0.29, 0.717) is 25.2 Å². The summed E-state index contributed by atoms with van der Waals surface area (Å²) in [5, 5.41) is 0. The smallest absolute Gasteiger partial charge is 0.191 e. The van der Waals surface area contributed by atoms with Crippen LogP contribution >= 0.6 is 35.7 Å². The third kappa shape index (κ3) is 6.85. The molecule has 0 bridgehead atoms. The van der Waals surface area contributed by atoms with Crippen molar-refractivity contribution in [1.82, 2.24) is 4.90 Å². The van der Waals surface area contributed by atoms with Crippen LogP contribution in [0.2, 0.25) is 0 Å². The quantitative estimate of drug-likeness (QED) is 0.253. The summed E-state index contributed by atoms with van der Waals surface area (Å²) in [4.78, 5) is 6.62. The number of hydrogen-bond acceptors (Lipinski definition) is 3. The monoisotopic (exact) mass is 413 g/mol. The molecule has 118 valence electrons. The molecule has 0 aromatic rings. The largest absolute Gasteiger partial charge is 0.376 e. The van der Waals surface area contributed by atoms with Gasteiger partial charge in [0.15, 0.2) is 5.96 Å². The fourth-order valence-corrected chi connectivity index (χ4v) is 3.58. The van der Waals surface area contributed by atoms with E-state index in [0.717, 1.165) is 24.6 Å². The molecule has 0 aromatic carbocycles. The number of thioether (sulfide) groups is 1. The van der Waals surface area contributed by atoms with Gasteiger partial charge in [-0.1, -0.05) is 25.7 Å². The fourth-order valence-electron chi connectivity index (χ4n) is 2.68. The maximum absolute atomic E-state index is 6.00. The van der Waals surface area contributed by atoms with Crippen molar-refractivity contribution < 1.29 is 4.74 Å². The Morgan fingerprint density at radius 3 is 2.45 bits per heavy atom. The minimum Gasteiger partial charge on any atom is -0.376 e. The van der Waals surface area contributed by atoms with Crippen LogP contribution in [0.25, 0.3) is 0 Å². The Labute approximate surface area is 144 Å². The summed E-state index contributed by atoms with van der Waals surface area (Å²) >= 11 is 1.99. The fraction of sp³-hybridized carbons (Fsp3) is 0.929. The van der Waals surface area contributed by atoms with Crippen LogP contribution in [0, 0.1) is 0 Å². The SMILES string of the molecule is I.NC(=NCCOC1CCCCCC1)N1CCSCC1. The van der Waals surface area contributed by atoms with Crippen LogP contribution in [0.3, 0.4) is 0 Å². The molecular formula is C14H28IN3OS. The zero-order valence-electron chi connectivity index (χ0n) is 12.3. The van der Waals surface area contributed by atoms with Gasteiger partial charge in [-0.3, -0.25) is 4.99 Å². The molecule has 0 spiro atoms. The van der Waals surface area contributed by atoms with Gasteiger partial charge in [0.25, 0.3) is 0 Å². The summed E-state index contributed by atoms with van der Waals surface area (Å²) in [5.41, 5.74) is 6.00. The van der Waals surface area contributed by atoms with Gasteiger partial charge >= 0.3 is 0 Å². The number of hydrogen-bond donors (Lipinski definition) is 1. The van der Waals surface area contributed by atoms with Gasteiger partial charge in [-0.25, -0.2) is 0 Å². The maximum atomic E-state index is 6.00. The number of guanidine groups is 1. The van der Waals surface area contributed by atoms with E-state index in [-0.39, 0.29) is 24.0 Å². The molecule has 0 radical (unpaired) electrons. The summed E-state index contributed by atoms with van der Waals surface area (Å²) in [6.45, 7) is 3.48. The van der Waals surface area contributed by atoms with E-state index in [4.69, 9.17) is 10.5 Å². The first-order valence-electron chi connectivity index (χ1n) is 7.60. The topological polar surface area (TPSA) is 50.9 Å². The average molecular weight is 413 g/mol. The molecule has 2 fully saturated rings. The average Bonchev–Trinajstić information content (AvgIpc) is 2.73. The molecule has 1 saturated heterocycles. The lowest BCUT2D eigenvalue weighted by atomic mass is 10.1. The molecule has 20 heavy (non-hydrogen) atoms. The van der Waals surface area contributed by atoms with E-state index in [2.05, 4.69) is 9.89 Å². The van der Waals surface area contributed by atoms with Crippen molar-refractivity contribution in [3.8, 4) is 0 Å². The third-order valence-electron chi connectivity index (χ3n) is 3.86. The Bertz CT molecular complexity index is 278. The summed E-state index contributed by atoms with van der Waals surface area (Å²) in [6, 6.07) is 0. The molecule has 0 amide bonds. The van der Waals surface area contributed by atoms with E-state index in [1.165, 1.54) is 38.5 Å². The molecule has 4 nitrogen and oxygen atoms in total. The number of aliphatic imine (C=N–C) groups is 1. The maximum Gasteiger partial charge on any atom is 0.191 e. The minimum absolute atomic E-state index is 0. The number of halogens is 1. The van der Waals surface area contributed by atoms with E-state index >= 15 is 0 Å². The van der Waals surface area contributed by atoms with Gasteiger partial charge in [-0.05, 0) is 12.8 Å². The van der Waals surface area contributed by atoms with Gasteiger partial charge in [-0.15, -0.1) is 24.0 Å². The number of nitrogens with zero attached hydrogens (tertiary/aromatic N) is 2. The van der Waals surface area contributed by atoms with Crippen molar-refractivity contribution in [2.75, 3.05) is 37.7 Å². The Morgan fingerprint density at radius 1 is 1.15 bits per heavy atom. The van der Waals surface area contributed by atoms with Gasteiger partial charge in [0.2, 0.25) is 0 Å².